The van der Waals surface area contributed by atoms with Crippen molar-refractivity contribution in [3.63, 3.8) is 0 Å². The highest BCUT2D eigenvalue weighted by molar-refractivity contribution is 7.11. The molecule has 1 heterocycles. The first kappa shape index (κ1) is 17.3. The third-order valence-corrected chi connectivity index (χ3v) is 4.52. The zero-order valence-corrected chi connectivity index (χ0v) is 14.7. The third-order valence-electron chi connectivity index (χ3n) is 3.64. The zero-order chi connectivity index (χ0) is 18.5. The molecular formula is C19H14N4O2S. The highest BCUT2D eigenvalue weighted by Gasteiger charge is 2.12. The van der Waals surface area contributed by atoms with Crippen molar-refractivity contribution in [2.24, 2.45) is 0 Å². The van der Waals surface area contributed by atoms with Gasteiger partial charge in [0.05, 0.1) is 10.6 Å². The summed E-state index contributed by atoms with van der Waals surface area (Å²) in [6.45, 7) is 2.01. The summed E-state index contributed by atoms with van der Waals surface area (Å²) in [6, 6.07) is 16.2. The highest BCUT2D eigenvalue weighted by atomic mass is 32.1. The summed E-state index contributed by atoms with van der Waals surface area (Å²) in [6.07, 6.45) is 1.61. The molecule has 0 bridgehead atoms. The molecule has 0 aliphatic rings. The van der Waals surface area contributed by atoms with Gasteiger partial charge in [-0.1, -0.05) is 29.8 Å². The minimum absolute atomic E-state index is 0.00846. The normalized spacial score (nSPS) is 11.0. The molecule has 0 unspecified atom stereocenters. The number of hydrogen-bond donors (Lipinski definition) is 1. The Morgan fingerprint density at radius 2 is 2.08 bits per heavy atom. The van der Waals surface area contributed by atoms with Crippen molar-refractivity contribution in [1.82, 2.24) is 4.98 Å². The number of thiazole rings is 1. The number of benzene rings is 2. The fourth-order valence-corrected chi connectivity index (χ4v) is 3.05. The molecule has 0 fully saturated rings. The molecule has 0 spiro atoms. The molecule has 0 aliphatic carbocycles. The average Bonchev–Trinajstić information content (AvgIpc) is 3.14. The van der Waals surface area contributed by atoms with Crippen LogP contribution in [0.1, 0.15) is 10.6 Å². The number of allylic oxidation sites excluding steroid dienone is 1. The summed E-state index contributed by atoms with van der Waals surface area (Å²) in [5, 5.41) is 25.7. The molecule has 3 rings (SSSR count). The third kappa shape index (κ3) is 3.94. The molecule has 0 amide bonds. The highest BCUT2D eigenvalue weighted by Crippen LogP contribution is 2.28. The number of nitro groups is 1. The van der Waals surface area contributed by atoms with Gasteiger partial charge in [0.1, 0.15) is 16.6 Å². The lowest BCUT2D eigenvalue weighted by molar-refractivity contribution is -0.384. The second-order valence-electron chi connectivity index (χ2n) is 5.53. The van der Waals surface area contributed by atoms with Gasteiger partial charge in [-0.2, -0.15) is 5.26 Å². The molecule has 0 radical (unpaired) electrons. The monoisotopic (exact) mass is 362 g/mol. The Balaban J connectivity index is 1.84. The number of nitrogens with one attached hydrogen (secondary N) is 1. The average molecular weight is 362 g/mol. The molecule has 7 heteroatoms. The van der Waals surface area contributed by atoms with Crippen LogP contribution in [0.25, 0.3) is 16.8 Å². The number of non-ortho nitro benzene ring substituents is 1. The Morgan fingerprint density at radius 1 is 1.31 bits per heavy atom. The number of hydrogen-bond acceptors (Lipinski definition) is 6. The van der Waals surface area contributed by atoms with Crippen LogP contribution in [0, 0.1) is 28.4 Å². The van der Waals surface area contributed by atoms with Crippen LogP contribution < -0.4 is 5.32 Å². The topological polar surface area (TPSA) is 91.8 Å². The summed E-state index contributed by atoms with van der Waals surface area (Å²) >= 11 is 1.32. The summed E-state index contributed by atoms with van der Waals surface area (Å²) in [4.78, 5) is 14.9. The largest absolute Gasteiger partial charge is 0.360 e. The number of nitriles is 1. The van der Waals surface area contributed by atoms with Gasteiger partial charge >= 0.3 is 0 Å². The zero-order valence-electron chi connectivity index (χ0n) is 13.8. The number of rotatable bonds is 5. The molecule has 2 aromatic carbocycles. The van der Waals surface area contributed by atoms with Crippen LogP contribution >= 0.6 is 11.3 Å². The summed E-state index contributed by atoms with van der Waals surface area (Å²) in [5.41, 5.74) is 3.68. The van der Waals surface area contributed by atoms with E-state index in [4.69, 9.17) is 0 Å². The Labute approximate surface area is 154 Å². The van der Waals surface area contributed by atoms with E-state index in [2.05, 4.69) is 16.4 Å². The number of nitrogens with zero attached hydrogens (tertiary/aromatic N) is 3. The Kier molecular flexibility index (Phi) is 5.06. The van der Waals surface area contributed by atoms with Crippen LogP contribution in [0.15, 0.2) is 60.1 Å². The van der Waals surface area contributed by atoms with E-state index >= 15 is 0 Å². The molecular weight excluding hydrogens is 348 g/mol. The van der Waals surface area contributed by atoms with Crippen molar-refractivity contribution in [1.29, 1.82) is 5.26 Å². The Bertz CT molecular complexity index is 1020. The van der Waals surface area contributed by atoms with Gasteiger partial charge in [0.25, 0.3) is 5.69 Å². The maximum absolute atomic E-state index is 10.9. The van der Waals surface area contributed by atoms with Crippen molar-refractivity contribution in [3.8, 4) is 17.3 Å². The first-order chi connectivity index (χ1) is 12.6. The smallest absolute Gasteiger partial charge is 0.270 e. The van der Waals surface area contributed by atoms with Gasteiger partial charge in [-0.15, -0.1) is 11.3 Å². The summed E-state index contributed by atoms with van der Waals surface area (Å²) in [7, 11) is 0. The lowest BCUT2D eigenvalue weighted by Crippen LogP contribution is -1.91. The fourth-order valence-electron chi connectivity index (χ4n) is 2.26. The van der Waals surface area contributed by atoms with Gasteiger partial charge in [0.2, 0.25) is 0 Å². The van der Waals surface area contributed by atoms with Crippen LogP contribution in [-0.2, 0) is 0 Å². The molecule has 0 saturated heterocycles. The maximum Gasteiger partial charge on any atom is 0.270 e. The van der Waals surface area contributed by atoms with Crippen LogP contribution in [0.2, 0.25) is 0 Å². The quantitative estimate of drug-likeness (QED) is 0.391. The minimum Gasteiger partial charge on any atom is -0.360 e. The summed E-state index contributed by atoms with van der Waals surface area (Å²) < 4.78 is 0. The van der Waals surface area contributed by atoms with Crippen molar-refractivity contribution in [2.75, 3.05) is 5.32 Å². The minimum atomic E-state index is -0.442. The fraction of sp³-hybridized carbons (Fsp3) is 0.0526. The van der Waals surface area contributed by atoms with E-state index in [-0.39, 0.29) is 5.69 Å². The molecule has 0 atom stereocenters. The second kappa shape index (κ2) is 7.59. The van der Waals surface area contributed by atoms with Gasteiger partial charge in [0.15, 0.2) is 0 Å². The van der Waals surface area contributed by atoms with Gasteiger partial charge in [-0.25, -0.2) is 4.98 Å². The van der Waals surface area contributed by atoms with E-state index in [0.717, 1.165) is 11.3 Å². The van der Waals surface area contributed by atoms with Crippen LogP contribution in [0.5, 0.6) is 0 Å². The molecule has 1 aromatic heterocycles. The van der Waals surface area contributed by atoms with Crippen molar-refractivity contribution in [2.45, 2.75) is 6.92 Å². The number of anilines is 1. The van der Waals surface area contributed by atoms with Gasteiger partial charge < -0.3 is 5.32 Å². The van der Waals surface area contributed by atoms with E-state index in [1.54, 1.807) is 23.7 Å². The van der Waals surface area contributed by atoms with E-state index in [1.807, 2.05) is 31.2 Å². The van der Waals surface area contributed by atoms with E-state index in [0.29, 0.717) is 21.8 Å². The SMILES string of the molecule is Cc1ccc(NC=C(C#N)c2nc(-c3cccc([N+](=O)[O-])c3)cs2)cc1. The number of aryl methyl sites for hydroxylation is 1. The molecule has 0 aliphatic heterocycles. The lowest BCUT2D eigenvalue weighted by Gasteiger charge is -2.01. The van der Waals surface area contributed by atoms with Crippen molar-refractivity contribution < 1.29 is 4.92 Å². The summed E-state index contributed by atoms with van der Waals surface area (Å²) in [5.74, 6) is 0. The van der Waals surface area contributed by atoms with Crippen LogP contribution in [0.4, 0.5) is 11.4 Å². The molecule has 0 saturated carbocycles. The van der Waals surface area contributed by atoms with E-state index < -0.39 is 4.92 Å². The Hall–Kier alpha value is -3.50. The van der Waals surface area contributed by atoms with Crippen LogP contribution in [-0.4, -0.2) is 9.91 Å². The Morgan fingerprint density at radius 3 is 2.77 bits per heavy atom. The van der Waals surface area contributed by atoms with Crippen molar-refractivity contribution >= 4 is 28.3 Å². The molecule has 1 N–H and O–H groups in total. The van der Waals surface area contributed by atoms with E-state index in [9.17, 15) is 15.4 Å². The van der Waals surface area contributed by atoms with Gasteiger partial charge in [-0.05, 0) is 19.1 Å². The molecule has 26 heavy (non-hydrogen) atoms. The van der Waals surface area contributed by atoms with Crippen LogP contribution in [0.3, 0.4) is 0 Å². The number of aromatic nitrogens is 1. The molecule has 128 valence electrons. The number of nitro benzene ring substituents is 1. The second-order valence-corrected chi connectivity index (χ2v) is 6.38. The molecule has 6 nitrogen and oxygen atoms in total. The predicted octanol–water partition coefficient (Wildman–Crippen LogP) is 5.00. The first-order valence-electron chi connectivity index (χ1n) is 7.71. The van der Waals surface area contributed by atoms with Crippen molar-refractivity contribution in [3.05, 3.63) is 80.8 Å². The standard InChI is InChI=1S/C19H14N4O2S/c1-13-5-7-16(8-6-13)21-11-15(10-20)19-22-18(12-26-19)14-3-2-4-17(9-14)23(24)25/h2-9,11-12,21H,1H3. The maximum atomic E-state index is 10.9. The predicted molar refractivity (Wildman–Crippen MR) is 103 cm³/mol. The molecule has 3 aromatic rings. The van der Waals surface area contributed by atoms with Gasteiger partial charge in [-0.3, -0.25) is 10.1 Å². The van der Waals surface area contributed by atoms with E-state index in [1.165, 1.54) is 23.5 Å². The lowest BCUT2D eigenvalue weighted by atomic mass is 10.1. The first-order valence-corrected chi connectivity index (χ1v) is 8.59. The van der Waals surface area contributed by atoms with Gasteiger partial charge in [0, 0.05) is 35.0 Å².